The number of imidazole rings is 1. The summed E-state index contributed by atoms with van der Waals surface area (Å²) in [5.74, 6) is 1.68. The third-order valence-corrected chi connectivity index (χ3v) is 5.99. The maximum atomic E-state index is 12.9. The molecule has 0 fully saturated rings. The van der Waals surface area contributed by atoms with Crippen molar-refractivity contribution in [2.45, 2.75) is 12.5 Å². The molecule has 0 saturated heterocycles. The van der Waals surface area contributed by atoms with Crippen molar-refractivity contribution in [1.29, 1.82) is 0 Å². The van der Waals surface area contributed by atoms with Gasteiger partial charge in [0.25, 0.3) is 5.91 Å². The number of amides is 2. The molecule has 2 N–H and O–H groups in total. The van der Waals surface area contributed by atoms with E-state index in [1.54, 1.807) is 23.9 Å². The number of hydrogen-bond donors (Lipinski definition) is 2. The van der Waals surface area contributed by atoms with E-state index >= 15 is 0 Å². The summed E-state index contributed by atoms with van der Waals surface area (Å²) in [6, 6.07) is 12.9. The summed E-state index contributed by atoms with van der Waals surface area (Å²) < 4.78 is 6.34. The molecule has 0 radical (unpaired) electrons. The van der Waals surface area contributed by atoms with Gasteiger partial charge < -0.3 is 15.0 Å². The summed E-state index contributed by atoms with van der Waals surface area (Å²) in [6.07, 6.45) is 2.76. The maximum Gasteiger partial charge on any atom is 0.265 e. The van der Waals surface area contributed by atoms with Gasteiger partial charge in [0.15, 0.2) is 6.61 Å². The Morgan fingerprint density at radius 1 is 1.37 bits per heavy atom. The van der Waals surface area contributed by atoms with Crippen LogP contribution in [0.4, 0.5) is 5.69 Å². The molecular weight excluding hydrogens is 468 g/mol. The van der Waals surface area contributed by atoms with Crippen LogP contribution in [0.5, 0.6) is 5.75 Å². The lowest BCUT2D eigenvalue weighted by molar-refractivity contribution is -0.125. The quantitative estimate of drug-likeness (QED) is 0.529. The zero-order valence-electron chi connectivity index (χ0n) is 16.4. The number of hydrogen-bond acceptors (Lipinski definition) is 5. The topological polar surface area (TPSA) is 87.3 Å². The van der Waals surface area contributed by atoms with E-state index in [0.717, 1.165) is 33.5 Å². The number of para-hydroxylation sites is 2. The fourth-order valence-electron chi connectivity index (χ4n) is 3.39. The number of carbonyl (C=O) groups excluding carboxylic acids is 2. The summed E-state index contributed by atoms with van der Waals surface area (Å²) in [6.45, 7) is -0.164. The van der Waals surface area contributed by atoms with Crippen LogP contribution in [0.15, 0.2) is 46.9 Å². The van der Waals surface area contributed by atoms with Gasteiger partial charge in [0.05, 0.1) is 22.8 Å². The molecule has 2 amide bonds. The largest absolute Gasteiger partial charge is 0.482 e. The van der Waals surface area contributed by atoms with E-state index in [-0.39, 0.29) is 31.0 Å². The van der Waals surface area contributed by atoms with Gasteiger partial charge in [0.2, 0.25) is 5.91 Å². The lowest BCUT2D eigenvalue weighted by Gasteiger charge is -2.29. The van der Waals surface area contributed by atoms with Crippen molar-refractivity contribution in [2.24, 2.45) is 0 Å². The molecule has 1 aromatic heterocycles. The Kier molecular flexibility index (Phi) is 6.29. The predicted octanol–water partition coefficient (Wildman–Crippen LogP) is 3.66. The van der Waals surface area contributed by atoms with E-state index in [0.29, 0.717) is 11.4 Å². The molecule has 1 unspecified atom stereocenters. The summed E-state index contributed by atoms with van der Waals surface area (Å²) >= 11 is 5.11. The van der Waals surface area contributed by atoms with Gasteiger partial charge in [0, 0.05) is 4.47 Å². The number of aromatic nitrogens is 2. The molecular formula is C21H21BrN4O3S. The Labute approximate surface area is 186 Å². The molecule has 9 heteroatoms. The van der Waals surface area contributed by atoms with Gasteiger partial charge in [0.1, 0.15) is 18.1 Å². The fraction of sp³-hybridized carbons (Fsp3) is 0.286. The molecule has 4 rings (SSSR count). The van der Waals surface area contributed by atoms with Crippen LogP contribution in [0.1, 0.15) is 18.3 Å². The van der Waals surface area contributed by atoms with Crippen LogP contribution in [0, 0.1) is 0 Å². The van der Waals surface area contributed by atoms with Gasteiger partial charge in [-0.3, -0.25) is 14.5 Å². The van der Waals surface area contributed by atoms with Gasteiger partial charge in [-0.2, -0.15) is 11.8 Å². The second-order valence-electron chi connectivity index (χ2n) is 6.92. The average molecular weight is 489 g/mol. The lowest BCUT2D eigenvalue weighted by atomic mass is 10.2. The molecule has 0 spiro atoms. The normalized spacial score (nSPS) is 14.3. The highest BCUT2D eigenvalue weighted by atomic mass is 79.9. The zero-order chi connectivity index (χ0) is 21.1. The number of nitrogens with one attached hydrogen (secondary N) is 2. The third kappa shape index (κ3) is 4.46. The Hall–Kier alpha value is -2.52. The SMILES string of the molecule is CSCCC(NC(=O)CN1C(=O)COc2cc(Br)ccc21)c1nc2ccccc2[nH]1. The van der Waals surface area contributed by atoms with Crippen LogP contribution in [0.3, 0.4) is 0 Å². The van der Waals surface area contributed by atoms with Crippen molar-refractivity contribution < 1.29 is 14.3 Å². The van der Waals surface area contributed by atoms with Gasteiger partial charge in [-0.25, -0.2) is 4.98 Å². The van der Waals surface area contributed by atoms with Crippen molar-refractivity contribution >= 4 is 56.2 Å². The average Bonchev–Trinajstić information content (AvgIpc) is 3.17. The number of rotatable bonds is 7. The number of benzene rings is 2. The van der Waals surface area contributed by atoms with Crippen LogP contribution >= 0.6 is 27.7 Å². The van der Waals surface area contributed by atoms with E-state index in [2.05, 4.69) is 31.2 Å². The molecule has 156 valence electrons. The van der Waals surface area contributed by atoms with Crippen LogP contribution in [0.2, 0.25) is 0 Å². The minimum atomic E-state index is -0.266. The van der Waals surface area contributed by atoms with Crippen LogP contribution in [-0.4, -0.2) is 46.9 Å². The summed E-state index contributed by atoms with van der Waals surface area (Å²) in [5, 5.41) is 3.05. The Morgan fingerprint density at radius 2 is 2.20 bits per heavy atom. The first-order valence-corrected chi connectivity index (χ1v) is 11.7. The van der Waals surface area contributed by atoms with E-state index in [9.17, 15) is 9.59 Å². The molecule has 7 nitrogen and oxygen atoms in total. The molecule has 2 heterocycles. The lowest BCUT2D eigenvalue weighted by Crippen LogP contribution is -2.46. The monoisotopic (exact) mass is 488 g/mol. The molecule has 30 heavy (non-hydrogen) atoms. The highest BCUT2D eigenvalue weighted by Gasteiger charge is 2.28. The van der Waals surface area contributed by atoms with Crippen molar-refractivity contribution in [1.82, 2.24) is 15.3 Å². The number of thioether (sulfide) groups is 1. The molecule has 2 aromatic carbocycles. The number of anilines is 1. The summed E-state index contributed by atoms with van der Waals surface area (Å²) in [7, 11) is 0. The summed E-state index contributed by atoms with van der Waals surface area (Å²) in [4.78, 5) is 34.7. The minimum absolute atomic E-state index is 0.0766. The van der Waals surface area contributed by atoms with Crippen molar-refractivity contribution in [2.75, 3.05) is 30.1 Å². The smallest absolute Gasteiger partial charge is 0.265 e. The summed E-state index contributed by atoms with van der Waals surface area (Å²) in [5.41, 5.74) is 2.38. The molecule has 0 aliphatic carbocycles. The number of halogens is 1. The molecule has 0 bridgehead atoms. The number of aromatic amines is 1. The van der Waals surface area contributed by atoms with Crippen LogP contribution < -0.4 is 15.0 Å². The zero-order valence-corrected chi connectivity index (χ0v) is 18.8. The number of ether oxygens (including phenoxy) is 1. The van der Waals surface area contributed by atoms with Gasteiger partial charge in [-0.15, -0.1) is 0 Å². The molecule has 3 aromatic rings. The van der Waals surface area contributed by atoms with Crippen molar-refractivity contribution in [3.63, 3.8) is 0 Å². The van der Waals surface area contributed by atoms with E-state index in [4.69, 9.17) is 4.74 Å². The van der Waals surface area contributed by atoms with E-state index in [1.807, 2.05) is 36.6 Å². The first kappa shape index (κ1) is 20.7. The second-order valence-corrected chi connectivity index (χ2v) is 8.82. The number of fused-ring (bicyclic) bond motifs is 2. The van der Waals surface area contributed by atoms with Gasteiger partial charge in [-0.05, 0) is 48.8 Å². The fourth-order valence-corrected chi connectivity index (χ4v) is 4.20. The Morgan fingerprint density at radius 3 is 3.00 bits per heavy atom. The number of nitrogens with zero attached hydrogens (tertiary/aromatic N) is 2. The Bertz CT molecular complexity index is 1050. The first-order chi connectivity index (χ1) is 14.5. The third-order valence-electron chi connectivity index (χ3n) is 4.85. The standard InChI is InChI=1S/C21H21BrN4O3S/c1-30-9-8-16(21-24-14-4-2-3-5-15(14)25-21)23-19(27)11-26-17-7-6-13(22)10-18(17)29-12-20(26)28/h2-7,10,16H,8-9,11-12H2,1H3,(H,23,27)(H,24,25). The maximum absolute atomic E-state index is 12.9. The number of H-pyrrole nitrogens is 1. The molecule has 1 aliphatic rings. The highest BCUT2D eigenvalue weighted by Crippen LogP contribution is 2.34. The van der Waals surface area contributed by atoms with Gasteiger partial charge in [-0.1, -0.05) is 28.1 Å². The van der Waals surface area contributed by atoms with Crippen LogP contribution in [-0.2, 0) is 9.59 Å². The van der Waals surface area contributed by atoms with E-state index < -0.39 is 0 Å². The highest BCUT2D eigenvalue weighted by molar-refractivity contribution is 9.10. The second kappa shape index (κ2) is 9.09. The Balaban J connectivity index is 1.52. The van der Waals surface area contributed by atoms with Crippen molar-refractivity contribution in [3.8, 4) is 5.75 Å². The molecule has 1 atom stereocenters. The van der Waals surface area contributed by atoms with Gasteiger partial charge >= 0.3 is 0 Å². The molecule has 1 aliphatic heterocycles. The van der Waals surface area contributed by atoms with Crippen molar-refractivity contribution in [3.05, 3.63) is 52.8 Å². The van der Waals surface area contributed by atoms with E-state index in [1.165, 1.54) is 4.90 Å². The molecule has 0 saturated carbocycles. The minimum Gasteiger partial charge on any atom is -0.482 e. The predicted molar refractivity (Wildman–Crippen MR) is 122 cm³/mol. The number of carbonyl (C=O) groups is 2. The first-order valence-electron chi connectivity index (χ1n) is 9.51. The van der Waals surface area contributed by atoms with Crippen LogP contribution in [0.25, 0.3) is 11.0 Å².